The van der Waals surface area contributed by atoms with Gasteiger partial charge in [-0.05, 0) is 6.26 Å². The van der Waals surface area contributed by atoms with Crippen molar-refractivity contribution in [1.29, 1.82) is 0 Å². The van der Waals surface area contributed by atoms with Crippen molar-refractivity contribution in [2.24, 2.45) is 0 Å². The number of aromatic nitrogens is 2. The second-order valence-corrected chi connectivity index (χ2v) is 5.43. The molecule has 7 nitrogen and oxygen atoms in total. The molecule has 1 aliphatic rings. The van der Waals surface area contributed by atoms with Crippen LogP contribution in [0, 0.1) is 0 Å². The SMILES string of the molecule is CSc1ncc(Cl)c(C(=O)N2C[C@H](O)C[C@H]2C(=O)O)n1. The number of carbonyl (C=O) groups excluding carboxylic acids is 1. The predicted molar refractivity (Wildman–Crippen MR) is 71.9 cm³/mol. The lowest BCUT2D eigenvalue weighted by molar-refractivity contribution is -0.141. The van der Waals surface area contributed by atoms with Gasteiger partial charge < -0.3 is 15.1 Å². The van der Waals surface area contributed by atoms with Crippen LogP contribution in [0.4, 0.5) is 0 Å². The Morgan fingerprint density at radius 1 is 1.55 bits per heavy atom. The number of carboxylic acids is 1. The fraction of sp³-hybridized carbons (Fsp3) is 0.455. The van der Waals surface area contributed by atoms with E-state index in [2.05, 4.69) is 9.97 Å². The summed E-state index contributed by atoms with van der Waals surface area (Å²) in [5, 5.41) is 19.1. The standard InChI is InChI=1S/C11H12ClN3O4S/c1-20-11-13-3-6(12)8(14-11)9(17)15-4-5(16)2-7(15)10(18)19/h3,5,7,16H,2,4H2,1H3,(H,18,19)/t5-,7+/m1/s1. The lowest BCUT2D eigenvalue weighted by Crippen LogP contribution is -2.41. The van der Waals surface area contributed by atoms with Crippen molar-refractivity contribution in [3.63, 3.8) is 0 Å². The third-order valence-corrected chi connectivity index (χ3v) is 3.77. The number of carboxylic acid groups (broad SMARTS) is 1. The van der Waals surface area contributed by atoms with Gasteiger partial charge in [-0.1, -0.05) is 23.4 Å². The minimum absolute atomic E-state index is 0.000832. The normalized spacial score (nSPS) is 22.1. The zero-order chi connectivity index (χ0) is 14.9. The summed E-state index contributed by atoms with van der Waals surface area (Å²) in [7, 11) is 0. The second kappa shape index (κ2) is 5.94. The Labute approximate surface area is 124 Å². The lowest BCUT2D eigenvalue weighted by Gasteiger charge is -2.21. The molecule has 108 valence electrons. The molecule has 9 heteroatoms. The van der Waals surface area contributed by atoms with Gasteiger partial charge in [0.15, 0.2) is 10.9 Å². The van der Waals surface area contributed by atoms with Gasteiger partial charge in [-0.2, -0.15) is 0 Å². The molecule has 0 radical (unpaired) electrons. The van der Waals surface area contributed by atoms with Gasteiger partial charge in [-0.15, -0.1) is 0 Å². The minimum Gasteiger partial charge on any atom is -0.480 e. The summed E-state index contributed by atoms with van der Waals surface area (Å²) in [6.45, 7) is -0.0509. The number of nitrogens with zero attached hydrogens (tertiary/aromatic N) is 3. The molecule has 0 aromatic carbocycles. The summed E-state index contributed by atoms with van der Waals surface area (Å²) in [6.07, 6.45) is 2.19. The van der Waals surface area contributed by atoms with E-state index in [9.17, 15) is 14.7 Å². The number of aliphatic hydroxyl groups is 1. The van der Waals surface area contributed by atoms with Gasteiger partial charge in [0.05, 0.1) is 17.3 Å². The highest BCUT2D eigenvalue weighted by Crippen LogP contribution is 2.24. The number of β-amino-alcohol motifs (C(OH)–C–C–N with tert-alkyl or cyclic N) is 1. The number of halogens is 1. The summed E-state index contributed by atoms with van der Waals surface area (Å²) < 4.78 is 0. The van der Waals surface area contributed by atoms with Gasteiger partial charge in [-0.25, -0.2) is 14.8 Å². The molecular formula is C11H12ClN3O4S. The molecule has 1 aromatic rings. The summed E-state index contributed by atoms with van der Waals surface area (Å²) in [5.74, 6) is -1.78. The van der Waals surface area contributed by atoms with Crippen LogP contribution in [0.1, 0.15) is 16.9 Å². The third-order valence-electron chi connectivity index (χ3n) is 2.93. The van der Waals surface area contributed by atoms with Gasteiger partial charge >= 0.3 is 5.97 Å². The highest BCUT2D eigenvalue weighted by molar-refractivity contribution is 7.98. The number of thioether (sulfide) groups is 1. The molecule has 1 fully saturated rings. The molecule has 0 bridgehead atoms. The van der Waals surface area contributed by atoms with Gasteiger partial charge in [0.25, 0.3) is 5.91 Å². The van der Waals surface area contributed by atoms with Gasteiger partial charge in [-0.3, -0.25) is 4.79 Å². The molecule has 1 aliphatic heterocycles. The number of carbonyl (C=O) groups is 2. The van der Waals surface area contributed by atoms with Crippen LogP contribution in [-0.2, 0) is 4.79 Å². The van der Waals surface area contributed by atoms with Crippen LogP contribution in [0.3, 0.4) is 0 Å². The van der Waals surface area contributed by atoms with Gasteiger partial charge in [0.1, 0.15) is 6.04 Å². The first kappa shape index (κ1) is 15.0. The molecule has 0 spiro atoms. The van der Waals surface area contributed by atoms with E-state index >= 15 is 0 Å². The van der Waals surface area contributed by atoms with Crippen LogP contribution in [-0.4, -0.2) is 61.9 Å². The van der Waals surface area contributed by atoms with Crippen molar-refractivity contribution >= 4 is 35.2 Å². The Morgan fingerprint density at radius 3 is 2.85 bits per heavy atom. The van der Waals surface area contributed by atoms with E-state index in [-0.39, 0.29) is 23.7 Å². The average Bonchev–Trinajstić information content (AvgIpc) is 2.81. The molecule has 2 atom stereocenters. The number of amides is 1. The van der Waals surface area contributed by atoms with Gasteiger partial charge in [0, 0.05) is 13.0 Å². The Hall–Kier alpha value is -1.38. The second-order valence-electron chi connectivity index (χ2n) is 4.25. The van der Waals surface area contributed by atoms with Crippen molar-refractivity contribution in [2.75, 3.05) is 12.8 Å². The number of rotatable bonds is 3. The maximum atomic E-state index is 12.4. The Bertz CT molecular complexity index is 556. The first-order valence-electron chi connectivity index (χ1n) is 5.72. The molecule has 1 saturated heterocycles. The number of likely N-dealkylation sites (tertiary alicyclic amines) is 1. The molecule has 2 heterocycles. The number of aliphatic carboxylic acids is 1. The average molecular weight is 318 g/mol. The first-order valence-corrected chi connectivity index (χ1v) is 7.32. The van der Waals surface area contributed by atoms with Gasteiger partial charge in [0.2, 0.25) is 0 Å². The van der Waals surface area contributed by atoms with Crippen LogP contribution < -0.4 is 0 Å². The third kappa shape index (κ3) is 2.87. The van der Waals surface area contributed by atoms with Crippen LogP contribution in [0.2, 0.25) is 5.02 Å². The Morgan fingerprint density at radius 2 is 2.25 bits per heavy atom. The maximum absolute atomic E-state index is 12.4. The monoisotopic (exact) mass is 317 g/mol. The zero-order valence-electron chi connectivity index (χ0n) is 10.5. The molecule has 1 amide bonds. The fourth-order valence-electron chi connectivity index (χ4n) is 2.01. The van der Waals surface area contributed by atoms with Crippen LogP contribution in [0.5, 0.6) is 0 Å². The van der Waals surface area contributed by atoms with E-state index in [0.717, 1.165) is 4.90 Å². The zero-order valence-corrected chi connectivity index (χ0v) is 12.1. The van der Waals surface area contributed by atoms with Crippen molar-refractivity contribution in [1.82, 2.24) is 14.9 Å². The first-order chi connectivity index (χ1) is 9.43. The minimum atomic E-state index is -1.16. The molecule has 0 unspecified atom stereocenters. The van der Waals surface area contributed by atoms with E-state index in [4.69, 9.17) is 16.7 Å². The van der Waals surface area contributed by atoms with E-state index < -0.39 is 24.0 Å². The van der Waals surface area contributed by atoms with Crippen LogP contribution in [0.15, 0.2) is 11.4 Å². The highest BCUT2D eigenvalue weighted by atomic mass is 35.5. The smallest absolute Gasteiger partial charge is 0.326 e. The predicted octanol–water partition coefficient (Wildman–Crippen LogP) is 0.512. The molecule has 20 heavy (non-hydrogen) atoms. The van der Waals surface area contributed by atoms with E-state index in [1.165, 1.54) is 18.0 Å². The number of hydrogen-bond acceptors (Lipinski definition) is 6. The van der Waals surface area contributed by atoms with Crippen molar-refractivity contribution in [3.8, 4) is 0 Å². The molecule has 2 N–H and O–H groups in total. The Balaban J connectivity index is 2.33. The summed E-state index contributed by atoms with van der Waals surface area (Å²) in [6, 6.07) is -1.07. The molecular weight excluding hydrogens is 306 g/mol. The van der Waals surface area contributed by atoms with E-state index in [1.54, 1.807) is 6.26 Å². The van der Waals surface area contributed by atoms with Crippen molar-refractivity contribution in [2.45, 2.75) is 23.7 Å². The fourth-order valence-corrected chi connectivity index (χ4v) is 2.52. The summed E-state index contributed by atoms with van der Waals surface area (Å²) >= 11 is 7.14. The molecule has 0 aliphatic carbocycles. The number of hydrogen-bond donors (Lipinski definition) is 2. The van der Waals surface area contributed by atoms with Crippen molar-refractivity contribution in [3.05, 3.63) is 16.9 Å². The summed E-state index contributed by atoms with van der Waals surface area (Å²) in [4.78, 5) is 32.5. The Kier molecular flexibility index (Phi) is 4.46. The summed E-state index contributed by atoms with van der Waals surface area (Å²) in [5.41, 5.74) is -0.0497. The largest absolute Gasteiger partial charge is 0.480 e. The van der Waals surface area contributed by atoms with Crippen LogP contribution in [0.25, 0.3) is 0 Å². The van der Waals surface area contributed by atoms with E-state index in [0.29, 0.717) is 5.16 Å². The van der Waals surface area contributed by atoms with E-state index in [1.807, 2.05) is 0 Å². The lowest BCUT2D eigenvalue weighted by atomic mass is 10.2. The molecule has 2 rings (SSSR count). The maximum Gasteiger partial charge on any atom is 0.326 e. The number of aliphatic hydroxyl groups excluding tert-OH is 1. The molecule has 0 saturated carbocycles. The van der Waals surface area contributed by atoms with Crippen LogP contribution >= 0.6 is 23.4 Å². The highest BCUT2D eigenvalue weighted by Gasteiger charge is 2.40. The molecule has 1 aromatic heterocycles. The quantitative estimate of drug-likeness (QED) is 0.618. The van der Waals surface area contributed by atoms with Crippen molar-refractivity contribution < 1.29 is 19.8 Å². The topological polar surface area (TPSA) is 104 Å².